The SMILES string of the molecule is COc1ccc(C(C)C)cc1CCNC(N)=O. The number of nitrogens with one attached hydrogen (secondary N) is 1. The molecule has 1 aromatic rings. The van der Waals surface area contributed by atoms with E-state index in [1.807, 2.05) is 6.07 Å². The van der Waals surface area contributed by atoms with Crippen LogP contribution in [-0.4, -0.2) is 19.7 Å². The molecule has 0 saturated carbocycles. The molecule has 0 saturated heterocycles. The number of hydrogen-bond acceptors (Lipinski definition) is 2. The smallest absolute Gasteiger partial charge is 0.312 e. The van der Waals surface area contributed by atoms with Crippen LogP contribution in [0.5, 0.6) is 5.75 Å². The van der Waals surface area contributed by atoms with Crippen LogP contribution in [0.4, 0.5) is 4.79 Å². The number of methoxy groups -OCH3 is 1. The molecule has 94 valence electrons. The second kappa shape index (κ2) is 6.13. The van der Waals surface area contributed by atoms with Crippen LogP contribution in [0.25, 0.3) is 0 Å². The van der Waals surface area contributed by atoms with Crippen molar-refractivity contribution in [1.29, 1.82) is 0 Å². The van der Waals surface area contributed by atoms with E-state index in [1.165, 1.54) is 5.56 Å². The summed E-state index contributed by atoms with van der Waals surface area (Å²) < 4.78 is 5.29. The van der Waals surface area contributed by atoms with Crippen molar-refractivity contribution >= 4 is 6.03 Å². The number of ether oxygens (including phenoxy) is 1. The first-order valence-electron chi connectivity index (χ1n) is 5.74. The van der Waals surface area contributed by atoms with Crippen LogP contribution < -0.4 is 15.8 Å². The molecule has 3 N–H and O–H groups in total. The molecule has 0 aliphatic heterocycles. The summed E-state index contributed by atoms with van der Waals surface area (Å²) in [6.45, 7) is 4.81. The fourth-order valence-electron chi connectivity index (χ4n) is 1.67. The minimum Gasteiger partial charge on any atom is -0.496 e. The van der Waals surface area contributed by atoms with Gasteiger partial charge in [-0.15, -0.1) is 0 Å². The molecule has 0 spiro atoms. The summed E-state index contributed by atoms with van der Waals surface area (Å²) in [4.78, 5) is 10.6. The largest absolute Gasteiger partial charge is 0.496 e. The van der Waals surface area contributed by atoms with Gasteiger partial charge in [0.2, 0.25) is 0 Å². The Morgan fingerprint density at radius 1 is 1.47 bits per heavy atom. The average Bonchev–Trinajstić information content (AvgIpc) is 2.28. The first-order valence-corrected chi connectivity index (χ1v) is 5.74. The van der Waals surface area contributed by atoms with Crippen LogP contribution in [0.3, 0.4) is 0 Å². The van der Waals surface area contributed by atoms with E-state index in [0.29, 0.717) is 18.9 Å². The molecular formula is C13H20N2O2. The Balaban J connectivity index is 2.79. The number of carbonyl (C=O) groups is 1. The van der Waals surface area contributed by atoms with Gasteiger partial charge in [0.05, 0.1) is 7.11 Å². The van der Waals surface area contributed by atoms with Gasteiger partial charge in [-0.2, -0.15) is 0 Å². The summed E-state index contributed by atoms with van der Waals surface area (Å²) in [5, 5.41) is 2.58. The lowest BCUT2D eigenvalue weighted by atomic mass is 9.99. The Labute approximate surface area is 102 Å². The minimum atomic E-state index is -0.496. The van der Waals surface area contributed by atoms with Crippen LogP contribution in [-0.2, 0) is 6.42 Å². The highest BCUT2D eigenvalue weighted by Crippen LogP contribution is 2.24. The van der Waals surface area contributed by atoms with Crippen molar-refractivity contribution in [3.05, 3.63) is 29.3 Å². The van der Waals surface area contributed by atoms with E-state index in [0.717, 1.165) is 11.3 Å². The minimum absolute atomic E-state index is 0.476. The normalized spacial score (nSPS) is 10.4. The molecule has 0 aliphatic carbocycles. The summed E-state index contributed by atoms with van der Waals surface area (Å²) >= 11 is 0. The van der Waals surface area contributed by atoms with E-state index in [-0.39, 0.29) is 0 Å². The van der Waals surface area contributed by atoms with Gasteiger partial charge in [0.15, 0.2) is 0 Å². The molecule has 1 rings (SSSR count). The van der Waals surface area contributed by atoms with Gasteiger partial charge in [0.1, 0.15) is 5.75 Å². The fourth-order valence-corrected chi connectivity index (χ4v) is 1.67. The van der Waals surface area contributed by atoms with E-state index in [9.17, 15) is 4.79 Å². The van der Waals surface area contributed by atoms with E-state index in [2.05, 4.69) is 31.3 Å². The van der Waals surface area contributed by atoms with Crippen molar-refractivity contribution in [2.75, 3.05) is 13.7 Å². The Bertz CT molecular complexity index is 389. The monoisotopic (exact) mass is 236 g/mol. The lowest BCUT2D eigenvalue weighted by molar-refractivity contribution is 0.249. The number of amides is 2. The lowest BCUT2D eigenvalue weighted by Crippen LogP contribution is -2.31. The van der Waals surface area contributed by atoms with Crippen LogP contribution in [0.2, 0.25) is 0 Å². The molecule has 0 atom stereocenters. The van der Waals surface area contributed by atoms with Gasteiger partial charge in [0, 0.05) is 6.54 Å². The number of primary amides is 1. The third-order valence-electron chi connectivity index (χ3n) is 2.66. The van der Waals surface area contributed by atoms with Gasteiger partial charge in [-0.3, -0.25) is 0 Å². The molecule has 0 radical (unpaired) electrons. The van der Waals surface area contributed by atoms with Crippen LogP contribution in [0, 0.1) is 0 Å². The topological polar surface area (TPSA) is 64.3 Å². The second-order valence-corrected chi connectivity index (χ2v) is 4.27. The van der Waals surface area contributed by atoms with Crippen LogP contribution in [0.15, 0.2) is 18.2 Å². The molecule has 0 bridgehead atoms. The van der Waals surface area contributed by atoms with Crippen molar-refractivity contribution in [1.82, 2.24) is 5.32 Å². The first kappa shape index (κ1) is 13.4. The van der Waals surface area contributed by atoms with E-state index in [1.54, 1.807) is 7.11 Å². The van der Waals surface area contributed by atoms with E-state index < -0.39 is 6.03 Å². The summed E-state index contributed by atoms with van der Waals surface area (Å²) in [5.74, 6) is 1.32. The molecule has 2 amide bonds. The Morgan fingerprint density at radius 3 is 2.71 bits per heavy atom. The molecule has 0 fully saturated rings. The van der Waals surface area contributed by atoms with Crippen molar-refractivity contribution < 1.29 is 9.53 Å². The van der Waals surface area contributed by atoms with Gasteiger partial charge in [-0.25, -0.2) is 4.79 Å². The highest BCUT2D eigenvalue weighted by Gasteiger charge is 2.07. The predicted octanol–water partition coefficient (Wildman–Crippen LogP) is 2.03. The lowest BCUT2D eigenvalue weighted by Gasteiger charge is -2.12. The summed E-state index contributed by atoms with van der Waals surface area (Å²) in [7, 11) is 1.65. The molecule has 17 heavy (non-hydrogen) atoms. The quantitative estimate of drug-likeness (QED) is 0.821. The molecule has 1 aromatic carbocycles. The Morgan fingerprint density at radius 2 is 2.18 bits per heavy atom. The molecule has 0 aliphatic rings. The van der Waals surface area contributed by atoms with E-state index in [4.69, 9.17) is 10.5 Å². The average molecular weight is 236 g/mol. The summed E-state index contributed by atoms with van der Waals surface area (Å²) in [6.07, 6.45) is 0.715. The van der Waals surface area contributed by atoms with Crippen molar-refractivity contribution in [2.24, 2.45) is 5.73 Å². The van der Waals surface area contributed by atoms with Gasteiger partial charge >= 0.3 is 6.03 Å². The van der Waals surface area contributed by atoms with Gasteiger partial charge < -0.3 is 15.8 Å². The van der Waals surface area contributed by atoms with Gasteiger partial charge in [0.25, 0.3) is 0 Å². The fraction of sp³-hybridized carbons (Fsp3) is 0.462. The predicted molar refractivity (Wildman–Crippen MR) is 68.4 cm³/mol. The summed E-state index contributed by atoms with van der Waals surface area (Å²) in [6, 6.07) is 5.65. The Kier molecular flexibility index (Phi) is 4.82. The highest BCUT2D eigenvalue weighted by molar-refractivity contribution is 5.71. The molecular weight excluding hydrogens is 216 g/mol. The third-order valence-corrected chi connectivity index (χ3v) is 2.66. The zero-order chi connectivity index (χ0) is 12.8. The zero-order valence-corrected chi connectivity index (χ0v) is 10.6. The van der Waals surface area contributed by atoms with Crippen LogP contribution >= 0.6 is 0 Å². The number of carbonyl (C=O) groups excluding carboxylic acids is 1. The maximum Gasteiger partial charge on any atom is 0.312 e. The second-order valence-electron chi connectivity index (χ2n) is 4.27. The van der Waals surface area contributed by atoms with Crippen molar-refractivity contribution in [3.8, 4) is 5.75 Å². The standard InChI is InChI=1S/C13H20N2O2/c1-9(2)10-4-5-12(17-3)11(8-10)6-7-15-13(14)16/h4-5,8-9H,6-7H2,1-3H3,(H3,14,15,16). The van der Waals surface area contributed by atoms with Crippen molar-refractivity contribution in [2.45, 2.75) is 26.2 Å². The van der Waals surface area contributed by atoms with E-state index >= 15 is 0 Å². The number of rotatable bonds is 5. The highest BCUT2D eigenvalue weighted by atomic mass is 16.5. The first-order chi connectivity index (χ1) is 8.04. The maximum absolute atomic E-state index is 10.6. The number of hydrogen-bond donors (Lipinski definition) is 2. The molecule has 4 nitrogen and oxygen atoms in total. The molecule has 4 heteroatoms. The Hall–Kier alpha value is -1.71. The van der Waals surface area contributed by atoms with Crippen LogP contribution in [0.1, 0.15) is 30.9 Å². The molecule has 0 heterocycles. The van der Waals surface area contributed by atoms with Crippen molar-refractivity contribution in [3.63, 3.8) is 0 Å². The maximum atomic E-state index is 10.6. The molecule has 0 aromatic heterocycles. The van der Waals surface area contributed by atoms with Gasteiger partial charge in [-0.05, 0) is 29.5 Å². The third kappa shape index (κ3) is 3.98. The summed E-state index contributed by atoms with van der Waals surface area (Å²) in [5.41, 5.74) is 7.38. The van der Waals surface area contributed by atoms with Gasteiger partial charge in [-0.1, -0.05) is 26.0 Å². The zero-order valence-electron chi connectivity index (χ0n) is 10.6. The molecule has 0 unspecified atom stereocenters. The number of benzene rings is 1. The number of urea groups is 1. The number of nitrogens with two attached hydrogens (primary N) is 1.